The van der Waals surface area contributed by atoms with E-state index in [1.807, 2.05) is 13.8 Å². The summed E-state index contributed by atoms with van der Waals surface area (Å²) >= 11 is 0. The third-order valence-corrected chi connectivity index (χ3v) is 2.59. The number of benzene rings is 1. The van der Waals surface area contributed by atoms with Gasteiger partial charge in [0.05, 0.1) is 0 Å². The Morgan fingerprint density at radius 2 is 1.40 bits per heavy atom. The van der Waals surface area contributed by atoms with Crippen molar-refractivity contribution in [2.24, 2.45) is 0 Å². The van der Waals surface area contributed by atoms with Crippen LogP contribution < -0.4 is 0 Å². The van der Waals surface area contributed by atoms with Crippen LogP contribution in [0.2, 0.25) is 0 Å². The van der Waals surface area contributed by atoms with E-state index in [0.717, 1.165) is 0 Å². The smallest absolute Gasteiger partial charge is 0.0216 e. The van der Waals surface area contributed by atoms with Gasteiger partial charge in [-0.1, -0.05) is 59.7 Å². The predicted molar refractivity (Wildman–Crippen MR) is 70.7 cm³/mol. The molecule has 0 aliphatic heterocycles. The van der Waals surface area contributed by atoms with E-state index >= 15 is 0 Å². The second-order valence-electron chi connectivity index (χ2n) is 4.43. The molecule has 0 nitrogen and oxygen atoms in total. The van der Waals surface area contributed by atoms with Gasteiger partial charge in [-0.2, -0.15) is 0 Å². The van der Waals surface area contributed by atoms with Gasteiger partial charge in [0.15, 0.2) is 0 Å². The Kier molecular flexibility index (Phi) is 6.31. The van der Waals surface area contributed by atoms with Crippen molar-refractivity contribution >= 4 is 0 Å². The zero-order valence-electron chi connectivity index (χ0n) is 11.4. The Bertz CT molecular complexity index is 282. The molecular weight excluding hydrogens is 180 g/mol. The van der Waals surface area contributed by atoms with Gasteiger partial charge in [0.25, 0.3) is 0 Å². The highest BCUT2D eigenvalue weighted by Gasteiger charge is 2.06. The topological polar surface area (TPSA) is 0 Å². The lowest BCUT2D eigenvalue weighted by Gasteiger charge is -2.13. The van der Waals surface area contributed by atoms with Crippen LogP contribution in [0.5, 0.6) is 0 Å². The first-order chi connectivity index (χ1) is 7.02. The molecule has 0 amide bonds. The second kappa shape index (κ2) is 6.66. The monoisotopic (exact) mass is 206 g/mol. The minimum absolute atomic E-state index is 0.637. The molecule has 0 radical (unpaired) electrons. The summed E-state index contributed by atoms with van der Waals surface area (Å²) in [6.07, 6.45) is 0. The Morgan fingerprint density at radius 3 is 1.80 bits per heavy atom. The van der Waals surface area contributed by atoms with Crippen molar-refractivity contribution in [2.45, 2.75) is 60.3 Å². The fourth-order valence-electron chi connectivity index (χ4n) is 1.64. The molecule has 0 heterocycles. The van der Waals surface area contributed by atoms with Crippen molar-refractivity contribution < 1.29 is 0 Å². The van der Waals surface area contributed by atoms with E-state index in [2.05, 4.69) is 52.8 Å². The van der Waals surface area contributed by atoms with Gasteiger partial charge in [-0.05, 0) is 35.4 Å². The van der Waals surface area contributed by atoms with Crippen molar-refractivity contribution in [3.05, 3.63) is 34.9 Å². The third-order valence-electron chi connectivity index (χ3n) is 2.59. The van der Waals surface area contributed by atoms with E-state index in [4.69, 9.17) is 0 Å². The molecule has 0 bridgehead atoms. The maximum absolute atomic E-state index is 2.35. The summed E-state index contributed by atoms with van der Waals surface area (Å²) in [6, 6.07) is 6.83. The molecule has 0 aromatic heterocycles. The van der Waals surface area contributed by atoms with Gasteiger partial charge in [-0.25, -0.2) is 0 Å². The van der Waals surface area contributed by atoms with Crippen molar-refractivity contribution in [3.63, 3.8) is 0 Å². The predicted octanol–water partition coefficient (Wildman–Crippen LogP) is 5.27. The fourth-order valence-corrected chi connectivity index (χ4v) is 1.64. The molecule has 0 saturated carbocycles. The highest BCUT2D eigenvalue weighted by Crippen LogP contribution is 2.23. The molecule has 0 atom stereocenters. The molecule has 0 unspecified atom stereocenters. The van der Waals surface area contributed by atoms with Crippen LogP contribution in [0.1, 0.15) is 70.1 Å². The Balaban J connectivity index is 0.000000921. The van der Waals surface area contributed by atoms with Crippen molar-refractivity contribution in [3.8, 4) is 0 Å². The molecule has 0 fully saturated rings. The SMILES string of the molecule is CC.Cc1ccc(C(C)C)cc1C(C)C. The fraction of sp³-hybridized carbons (Fsp3) is 0.600. The van der Waals surface area contributed by atoms with E-state index in [9.17, 15) is 0 Å². The lowest BCUT2D eigenvalue weighted by Crippen LogP contribution is -1.95. The molecule has 0 aliphatic carbocycles. The van der Waals surface area contributed by atoms with Crippen LogP contribution in [-0.2, 0) is 0 Å². The Labute approximate surface area is 95.7 Å². The summed E-state index contributed by atoms with van der Waals surface area (Å²) < 4.78 is 0. The minimum Gasteiger partial charge on any atom is -0.0683 e. The number of hydrogen-bond donors (Lipinski definition) is 0. The molecule has 0 saturated heterocycles. The zero-order chi connectivity index (χ0) is 12.0. The lowest BCUT2D eigenvalue weighted by atomic mass is 9.92. The highest BCUT2D eigenvalue weighted by atomic mass is 14.1. The van der Waals surface area contributed by atoms with Gasteiger partial charge in [0.1, 0.15) is 0 Å². The van der Waals surface area contributed by atoms with Gasteiger partial charge in [-0.3, -0.25) is 0 Å². The summed E-state index contributed by atoms with van der Waals surface area (Å²) in [6.45, 7) is 15.2. The molecule has 0 heteroatoms. The molecular formula is C15H26. The summed E-state index contributed by atoms with van der Waals surface area (Å²) in [5.41, 5.74) is 4.36. The van der Waals surface area contributed by atoms with Crippen LogP contribution in [0, 0.1) is 6.92 Å². The first-order valence-electron chi connectivity index (χ1n) is 6.12. The third kappa shape index (κ3) is 4.07. The first-order valence-corrected chi connectivity index (χ1v) is 6.12. The normalized spacial score (nSPS) is 10.2. The molecule has 0 spiro atoms. The van der Waals surface area contributed by atoms with E-state index in [0.29, 0.717) is 11.8 Å². The van der Waals surface area contributed by atoms with E-state index < -0.39 is 0 Å². The molecule has 1 aromatic carbocycles. The van der Waals surface area contributed by atoms with Crippen LogP contribution >= 0.6 is 0 Å². The summed E-state index contributed by atoms with van der Waals surface area (Å²) in [5.74, 6) is 1.27. The average Bonchev–Trinajstić information content (AvgIpc) is 2.20. The highest BCUT2D eigenvalue weighted by molar-refractivity contribution is 5.34. The molecule has 86 valence electrons. The maximum Gasteiger partial charge on any atom is -0.0216 e. The van der Waals surface area contributed by atoms with Gasteiger partial charge in [0.2, 0.25) is 0 Å². The molecule has 15 heavy (non-hydrogen) atoms. The van der Waals surface area contributed by atoms with Gasteiger partial charge < -0.3 is 0 Å². The summed E-state index contributed by atoms with van der Waals surface area (Å²) in [7, 11) is 0. The van der Waals surface area contributed by atoms with Gasteiger partial charge in [-0.15, -0.1) is 0 Å². The van der Waals surface area contributed by atoms with E-state index in [1.165, 1.54) is 16.7 Å². The number of aryl methyl sites for hydroxylation is 1. The second-order valence-corrected chi connectivity index (χ2v) is 4.43. The van der Waals surface area contributed by atoms with Gasteiger partial charge in [0, 0.05) is 0 Å². The van der Waals surface area contributed by atoms with Gasteiger partial charge >= 0.3 is 0 Å². The molecule has 0 N–H and O–H groups in total. The standard InChI is InChI=1S/C13H20.C2H6/c1-9(2)12-7-6-11(5)13(8-12)10(3)4;1-2/h6-10H,1-5H3;1-2H3. The average molecular weight is 206 g/mol. The number of hydrogen-bond acceptors (Lipinski definition) is 0. The largest absolute Gasteiger partial charge is 0.0683 e. The van der Waals surface area contributed by atoms with Crippen LogP contribution in [-0.4, -0.2) is 0 Å². The van der Waals surface area contributed by atoms with Crippen LogP contribution in [0.25, 0.3) is 0 Å². The Hall–Kier alpha value is -0.780. The molecule has 0 aliphatic rings. The first kappa shape index (κ1) is 14.2. The van der Waals surface area contributed by atoms with E-state index in [1.54, 1.807) is 0 Å². The minimum atomic E-state index is 0.637. The molecule has 1 aromatic rings. The maximum atomic E-state index is 2.35. The molecule has 1 rings (SSSR count). The summed E-state index contributed by atoms with van der Waals surface area (Å²) in [4.78, 5) is 0. The summed E-state index contributed by atoms with van der Waals surface area (Å²) in [5, 5.41) is 0. The van der Waals surface area contributed by atoms with Crippen LogP contribution in [0.4, 0.5) is 0 Å². The lowest BCUT2D eigenvalue weighted by molar-refractivity contribution is 0.827. The van der Waals surface area contributed by atoms with Crippen molar-refractivity contribution in [1.29, 1.82) is 0 Å². The van der Waals surface area contributed by atoms with E-state index in [-0.39, 0.29) is 0 Å². The zero-order valence-corrected chi connectivity index (χ0v) is 11.4. The quantitative estimate of drug-likeness (QED) is 0.618. The van der Waals surface area contributed by atoms with Crippen molar-refractivity contribution in [2.75, 3.05) is 0 Å². The van der Waals surface area contributed by atoms with Crippen LogP contribution in [0.3, 0.4) is 0 Å². The van der Waals surface area contributed by atoms with Crippen molar-refractivity contribution in [1.82, 2.24) is 0 Å². The Morgan fingerprint density at radius 1 is 0.867 bits per heavy atom. The van der Waals surface area contributed by atoms with Crippen LogP contribution in [0.15, 0.2) is 18.2 Å². The number of rotatable bonds is 2.